The average Bonchev–Trinajstić information content (AvgIpc) is 3.36. The van der Waals surface area contributed by atoms with E-state index in [0.29, 0.717) is 55.1 Å². The predicted octanol–water partition coefficient (Wildman–Crippen LogP) is 2.36. The van der Waals surface area contributed by atoms with Crippen molar-refractivity contribution in [1.82, 2.24) is 19.3 Å². The number of hydrogen-bond donors (Lipinski definition) is 1. The Balaban J connectivity index is 1.40. The van der Waals surface area contributed by atoms with E-state index in [1.54, 1.807) is 25.3 Å². The summed E-state index contributed by atoms with van der Waals surface area (Å²) in [5.74, 6) is 2.25. The number of benzene rings is 1. The number of ether oxygens (including phenoxy) is 3. The molecule has 3 aromatic rings. The van der Waals surface area contributed by atoms with Crippen LogP contribution in [0.25, 0.3) is 0 Å². The second-order valence-corrected chi connectivity index (χ2v) is 7.97. The van der Waals surface area contributed by atoms with Gasteiger partial charge in [-0.2, -0.15) is 0 Å². The third kappa shape index (κ3) is 5.20. The first-order valence-electron chi connectivity index (χ1n) is 9.97. The van der Waals surface area contributed by atoms with E-state index in [1.807, 2.05) is 23.9 Å². The summed E-state index contributed by atoms with van der Waals surface area (Å²) in [4.78, 5) is 12.5. The molecule has 0 saturated carbocycles. The van der Waals surface area contributed by atoms with Crippen LogP contribution in [0.4, 0.5) is 5.69 Å². The van der Waals surface area contributed by atoms with E-state index in [2.05, 4.69) is 26.1 Å². The van der Waals surface area contributed by atoms with Crippen LogP contribution in [0.15, 0.2) is 41.7 Å². The molecule has 1 N–H and O–H groups in total. The van der Waals surface area contributed by atoms with Crippen LogP contribution in [0.5, 0.6) is 11.5 Å². The first-order valence-corrected chi connectivity index (χ1v) is 11.0. The van der Waals surface area contributed by atoms with Crippen molar-refractivity contribution in [3.05, 3.63) is 48.0 Å². The monoisotopic (exact) mass is 443 g/mol. The molecule has 3 heterocycles. The highest BCUT2D eigenvalue weighted by Gasteiger charge is 2.17. The minimum absolute atomic E-state index is 0.132. The number of nitrogens with zero attached hydrogens (tertiary/aromatic N) is 4. The lowest BCUT2D eigenvalue weighted by atomic mass is 10.2. The van der Waals surface area contributed by atoms with Gasteiger partial charge in [0.2, 0.25) is 5.91 Å². The highest BCUT2D eigenvalue weighted by atomic mass is 32.2. The molecule has 1 aliphatic heterocycles. The van der Waals surface area contributed by atoms with Gasteiger partial charge >= 0.3 is 0 Å². The summed E-state index contributed by atoms with van der Waals surface area (Å²) in [6.45, 7) is 2.19. The van der Waals surface area contributed by atoms with Crippen molar-refractivity contribution in [2.45, 2.75) is 18.1 Å². The van der Waals surface area contributed by atoms with Crippen molar-refractivity contribution in [3.8, 4) is 11.5 Å². The lowest BCUT2D eigenvalue weighted by Gasteiger charge is -2.19. The maximum atomic E-state index is 12.5. The van der Waals surface area contributed by atoms with Crippen LogP contribution >= 0.6 is 11.8 Å². The Kier molecular flexibility index (Phi) is 6.78. The van der Waals surface area contributed by atoms with Crippen LogP contribution in [-0.2, 0) is 29.5 Å². The molecule has 10 heteroatoms. The molecular weight excluding hydrogens is 418 g/mol. The van der Waals surface area contributed by atoms with Crippen LogP contribution in [-0.4, -0.2) is 57.9 Å². The SMILES string of the molecule is COCCn1c(Cc2cccn2C)nnc1SCC(=O)Nc1ccc2c(c1)OCCO2. The normalized spacial score (nSPS) is 12.7. The maximum Gasteiger partial charge on any atom is 0.234 e. The fourth-order valence-electron chi connectivity index (χ4n) is 3.25. The zero-order valence-electron chi connectivity index (χ0n) is 17.5. The van der Waals surface area contributed by atoms with E-state index in [1.165, 1.54) is 11.8 Å². The van der Waals surface area contributed by atoms with Crippen LogP contribution in [0.1, 0.15) is 11.5 Å². The van der Waals surface area contributed by atoms with E-state index in [9.17, 15) is 4.79 Å². The zero-order valence-corrected chi connectivity index (χ0v) is 18.4. The van der Waals surface area contributed by atoms with Gasteiger partial charge in [-0.1, -0.05) is 11.8 Å². The minimum Gasteiger partial charge on any atom is -0.486 e. The topological polar surface area (TPSA) is 92.4 Å². The number of rotatable bonds is 9. The smallest absolute Gasteiger partial charge is 0.234 e. The number of aromatic nitrogens is 4. The summed E-state index contributed by atoms with van der Waals surface area (Å²) in [5, 5.41) is 12.3. The van der Waals surface area contributed by atoms with Gasteiger partial charge in [-0.3, -0.25) is 4.79 Å². The third-order valence-electron chi connectivity index (χ3n) is 4.86. The molecular formula is C21H25N5O4S. The number of aryl methyl sites for hydroxylation is 1. The fraction of sp³-hybridized carbons (Fsp3) is 0.381. The Morgan fingerprint density at radius 1 is 1.23 bits per heavy atom. The van der Waals surface area contributed by atoms with E-state index >= 15 is 0 Å². The highest BCUT2D eigenvalue weighted by Crippen LogP contribution is 2.32. The highest BCUT2D eigenvalue weighted by molar-refractivity contribution is 7.99. The molecule has 0 spiro atoms. The standard InChI is InChI=1S/C21H25N5O4S/c1-25-7-3-4-16(25)13-19-23-24-21(26(19)8-9-28-2)31-14-20(27)22-15-5-6-17-18(12-15)30-11-10-29-17/h3-7,12H,8-11,13-14H2,1-2H3,(H,22,27). The molecule has 0 radical (unpaired) electrons. The second kappa shape index (κ2) is 9.88. The van der Waals surface area contributed by atoms with Gasteiger partial charge in [0.25, 0.3) is 0 Å². The van der Waals surface area contributed by atoms with Gasteiger partial charge in [0.15, 0.2) is 16.7 Å². The Morgan fingerprint density at radius 2 is 2.06 bits per heavy atom. The van der Waals surface area contributed by atoms with Crippen LogP contribution in [0, 0.1) is 0 Å². The average molecular weight is 444 g/mol. The maximum absolute atomic E-state index is 12.5. The third-order valence-corrected chi connectivity index (χ3v) is 5.83. The fourth-order valence-corrected chi connectivity index (χ4v) is 4.04. The molecule has 1 aliphatic rings. The summed E-state index contributed by atoms with van der Waals surface area (Å²) < 4.78 is 20.4. The molecule has 0 bridgehead atoms. The van der Waals surface area contributed by atoms with E-state index in [-0.39, 0.29) is 11.7 Å². The quantitative estimate of drug-likeness (QED) is 0.508. The van der Waals surface area contributed by atoms with Gasteiger partial charge in [0, 0.05) is 50.8 Å². The van der Waals surface area contributed by atoms with Crippen LogP contribution < -0.4 is 14.8 Å². The number of hydrogen-bond acceptors (Lipinski definition) is 7. The Labute approximate surface area is 184 Å². The first kappa shape index (κ1) is 21.3. The second-order valence-electron chi connectivity index (χ2n) is 7.03. The molecule has 0 saturated heterocycles. The molecule has 9 nitrogen and oxygen atoms in total. The van der Waals surface area contributed by atoms with E-state index in [0.717, 1.165) is 11.5 Å². The van der Waals surface area contributed by atoms with Gasteiger partial charge in [0.05, 0.1) is 12.4 Å². The minimum atomic E-state index is -0.132. The number of carbonyl (C=O) groups excluding carboxylic acids is 1. The van der Waals surface area contributed by atoms with Crippen LogP contribution in [0.3, 0.4) is 0 Å². The Hall–Kier alpha value is -2.98. The number of amides is 1. The van der Waals surface area contributed by atoms with Crippen LogP contribution in [0.2, 0.25) is 0 Å². The number of methoxy groups -OCH3 is 1. The Morgan fingerprint density at radius 3 is 2.84 bits per heavy atom. The molecule has 0 aliphatic carbocycles. The van der Waals surface area contributed by atoms with Crippen molar-refractivity contribution < 1.29 is 19.0 Å². The number of anilines is 1. The first-order chi connectivity index (χ1) is 15.1. The van der Waals surface area contributed by atoms with Crippen molar-refractivity contribution in [2.24, 2.45) is 7.05 Å². The van der Waals surface area contributed by atoms with Gasteiger partial charge in [-0.15, -0.1) is 10.2 Å². The van der Waals surface area contributed by atoms with Gasteiger partial charge in [-0.05, 0) is 24.3 Å². The molecule has 164 valence electrons. The van der Waals surface area contributed by atoms with Gasteiger partial charge < -0.3 is 28.7 Å². The summed E-state index contributed by atoms with van der Waals surface area (Å²) >= 11 is 1.35. The molecule has 2 aromatic heterocycles. The number of carbonyl (C=O) groups is 1. The summed E-state index contributed by atoms with van der Waals surface area (Å²) in [5.41, 5.74) is 1.80. The Bertz CT molecular complexity index is 1050. The van der Waals surface area contributed by atoms with E-state index in [4.69, 9.17) is 14.2 Å². The predicted molar refractivity (Wildman–Crippen MR) is 117 cm³/mol. The summed E-state index contributed by atoms with van der Waals surface area (Å²) in [6, 6.07) is 9.44. The molecule has 4 rings (SSSR count). The number of thioether (sulfide) groups is 1. The summed E-state index contributed by atoms with van der Waals surface area (Å²) in [7, 11) is 3.66. The molecule has 0 atom stereocenters. The molecule has 1 amide bonds. The lowest BCUT2D eigenvalue weighted by molar-refractivity contribution is -0.113. The molecule has 31 heavy (non-hydrogen) atoms. The zero-order chi connectivity index (χ0) is 21.6. The van der Waals surface area contributed by atoms with Crippen molar-refractivity contribution >= 4 is 23.4 Å². The largest absolute Gasteiger partial charge is 0.486 e. The van der Waals surface area contributed by atoms with Gasteiger partial charge in [-0.25, -0.2) is 0 Å². The number of fused-ring (bicyclic) bond motifs is 1. The molecule has 0 fully saturated rings. The number of nitrogens with one attached hydrogen (secondary N) is 1. The van der Waals surface area contributed by atoms with Crippen molar-refractivity contribution in [2.75, 3.05) is 38.0 Å². The molecule has 0 unspecified atom stereocenters. The summed E-state index contributed by atoms with van der Waals surface area (Å²) in [6.07, 6.45) is 2.66. The lowest BCUT2D eigenvalue weighted by Crippen LogP contribution is -2.17. The molecule has 1 aromatic carbocycles. The van der Waals surface area contributed by atoms with Crippen molar-refractivity contribution in [1.29, 1.82) is 0 Å². The van der Waals surface area contributed by atoms with E-state index < -0.39 is 0 Å². The van der Waals surface area contributed by atoms with Crippen molar-refractivity contribution in [3.63, 3.8) is 0 Å². The van der Waals surface area contributed by atoms with Gasteiger partial charge in [0.1, 0.15) is 19.0 Å².